The Balaban J connectivity index is 1.50. The van der Waals surface area contributed by atoms with Gasteiger partial charge in [0.1, 0.15) is 17.4 Å². The second kappa shape index (κ2) is 8.16. The van der Waals surface area contributed by atoms with E-state index in [4.69, 9.17) is 4.74 Å². The minimum Gasteiger partial charge on any atom is -0.484 e. The van der Waals surface area contributed by atoms with Crippen LogP contribution in [0.4, 0.5) is 8.78 Å². The molecule has 1 aliphatic heterocycles. The lowest BCUT2D eigenvalue weighted by Gasteiger charge is -2.34. The van der Waals surface area contributed by atoms with Gasteiger partial charge in [-0.15, -0.1) is 0 Å². The third-order valence-corrected chi connectivity index (χ3v) is 4.50. The molecule has 0 N–H and O–H groups in total. The van der Waals surface area contributed by atoms with E-state index in [1.54, 1.807) is 16.7 Å². The summed E-state index contributed by atoms with van der Waals surface area (Å²) in [6, 6.07) is 9.75. The molecule has 1 heterocycles. The summed E-state index contributed by atoms with van der Waals surface area (Å²) < 4.78 is 31.6. The number of amides is 2. The Morgan fingerprint density at radius 2 is 1.59 bits per heavy atom. The zero-order valence-corrected chi connectivity index (χ0v) is 15.0. The SMILES string of the molecule is Cc1cc(C(=O)N2CCN(C(=O)COc3ccc(F)cc3)CC2)ccc1F. The van der Waals surface area contributed by atoms with Crippen LogP contribution >= 0.6 is 0 Å². The third kappa shape index (κ3) is 4.61. The van der Waals surface area contributed by atoms with Crippen LogP contribution in [0.1, 0.15) is 15.9 Å². The summed E-state index contributed by atoms with van der Waals surface area (Å²) in [5.41, 5.74) is 0.862. The number of hydrogen-bond donors (Lipinski definition) is 0. The number of nitrogens with zero attached hydrogens (tertiary/aromatic N) is 2. The third-order valence-electron chi connectivity index (χ3n) is 4.50. The largest absolute Gasteiger partial charge is 0.484 e. The van der Waals surface area contributed by atoms with Crippen molar-refractivity contribution in [1.82, 2.24) is 9.80 Å². The summed E-state index contributed by atoms with van der Waals surface area (Å²) in [4.78, 5) is 28.0. The van der Waals surface area contributed by atoms with E-state index < -0.39 is 0 Å². The highest BCUT2D eigenvalue weighted by Gasteiger charge is 2.25. The van der Waals surface area contributed by atoms with Gasteiger partial charge < -0.3 is 14.5 Å². The maximum Gasteiger partial charge on any atom is 0.260 e. The molecule has 2 amide bonds. The molecule has 5 nitrogen and oxygen atoms in total. The van der Waals surface area contributed by atoms with Gasteiger partial charge in [0.15, 0.2) is 6.61 Å². The maximum atomic E-state index is 13.4. The molecular formula is C20H20F2N2O3. The standard InChI is InChI=1S/C20H20F2N2O3/c1-14-12-15(2-7-18(14)22)20(26)24-10-8-23(9-11-24)19(25)13-27-17-5-3-16(21)4-6-17/h2-7,12H,8-11,13H2,1H3. The van der Waals surface area contributed by atoms with Crippen molar-refractivity contribution in [3.63, 3.8) is 0 Å². The summed E-state index contributed by atoms with van der Waals surface area (Å²) in [6.07, 6.45) is 0. The predicted octanol–water partition coefficient (Wildman–Crippen LogP) is 2.64. The van der Waals surface area contributed by atoms with Crippen LogP contribution < -0.4 is 4.74 Å². The molecule has 0 unspecified atom stereocenters. The van der Waals surface area contributed by atoms with Crippen LogP contribution in [-0.4, -0.2) is 54.4 Å². The number of carbonyl (C=O) groups excluding carboxylic acids is 2. The molecule has 142 valence electrons. The van der Waals surface area contributed by atoms with Crippen LogP contribution in [0.25, 0.3) is 0 Å². The average Bonchev–Trinajstić information content (AvgIpc) is 2.69. The van der Waals surface area contributed by atoms with E-state index in [1.807, 2.05) is 0 Å². The Bertz CT molecular complexity index is 832. The van der Waals surface area contributed by atoms with Gasteiger partial charge in [-0.2, -0.15) is 0 Å². The van der Waals surface area contributed by atoms with Crippen molar-refractivity contribution < 1.29 is 23.1 Å². The molecule has 3 rings (SSSR count). The quantitative estimate of drug-likeness (QED) is 0.827. The Morgan fingerprint density at radius 3 is 2.22 bits per heavy atom. The van der Waals surface area contributed by atoms with Crippen LogP contribution in [0.2, 0.25) is 0 Å². The van der Waals surface area contributed by atoms with Gasteiger partial charge in [-0.3, -0.25) is 9.59 Å². The van der Waals surface area contributed by atoms with Gasteiger partial charge in [0.2, 0.25) is 0 Å². The molecular weight excluding hydrogens is 354 g/mol. The van der Waals surface area contributed by atoms with Crippen LogP contribution in [-0.2, 0) is 4.79 Å². The van der Waals surface area contributed by atoms with Gasteiger partial charge >= 0.3 is 0 Å². The molecule has 27 heavy (non-hydrogen) atoms. The van der Waals surface area contributed by atoms with Crippen LogP contribution in [0.3, 0.4) is 0 Å². The van der Waals surface area contributed by atoms with Crippen molar-refractivity contribution in [3.05, 3.63) is 65.2 Å². The van der Waals surface area contributed by atoms with Crippen LogP contribution in [0.15, 0.2) is 42.5 Å². The van der Waals surface area contributed by atoms with E-state index in [9.17, 15) is 18.4 Å². The van der Waals surface area contributed by atoms with E-state index in [2.05, 4.69) is 0 Å². The van der Waals surface area contributed by atoms with Crippen molar-refractivity contribution in [3.8, 4) is 5.75 Å². The zero-order valence-electron chi connectivity index (χ0n) is 15.0. The number of rotatable bonds is 4. The van der Waals surface area contributed by atoms with Crippen molar-refractivity contribution in [2.24, 2.45) is 0 Å². The number of hydrogen-bond acceptors (Lipinski definition) is 3. The average molecular weight is 374 g/mol. The molecule has 0 bridgehead atoms. The second-order valence-electron chi connectivity index (χ2n) is 6.38. The fourth-order valence-electron chi connectivity index (χ4n) is 2.89. The first-order chi connectivity index (χ1) is 12.9. The Morgan fingerprint density at radius 1 is 0.963 bits per heavy atom. The molecule has 0 spiro atoms. The molecule has 1 aliphatic rings. The molecule has 0 aromatic heterocycles. The monoisotopic (exact) mass is 374 g/mol. The minimum absolute atomic E-state index is 0.142. The minimum atomic E-state index is -0.370. The fraction of sp³-hybridized carbons (Fsp3) is 0.300. The summed E-state index contributed by atoms with van der Waals surface area (Å²) in [5.74, 6) is -0.656. The van der Waals surface area contributed by atoms with Gasteiger partial charge in [-0.1, -0.05) is 0 Å². The Kier molecular flexibility index (Phi) is 5.69. The van der Waals surface area contributed by atoms with Gasteiger partial charge in [0.25, 0.3) is 11.8 Å². The first kappa shape index (κ1) is 18.8. The summed E-state index contributed by atoms with van der Waals surface area (Å²) in [7, 11) is 0. The van der Waals surface area contributed by atoms with Crippen molar-refractivity contribution in [2.75, 3.05) is 32.8 Å². The highest BCUT2D eigenvalue weighted by atomic mass is 19.1. The van der Waals surface area contributed by atoms with Gasteiger partial charge in [0, 0.05) is 31.7 Å². The molecule has 0 radical (unpaired) electrons. The molecule has 2 aromatic carbocycles. The van der Waals surface area contributed by atoms with Crippen LogP contribution in [0.5, 0.6) is 5.75 Å². The molecule has 0 aliphatic carbocycles. The molecule has 1 saturated heterocycles. The summed E-state index contributed by atoms with van der Waals surface area (Å²) in [6.45, 7) is 3.07. The lowest BCUT2D eigenvalue weighted by Crippen LogP contribution is -2.51. The van der Waals surface area contributed by atoms with Gasteiger partial charge in [0.05, 0.1) is 0 Å². The number of halogens is 2. The van der Waals surface area contributed by atoms with E-state index >= 15 is 0 Å². The predicted molar refractivity (Wildman–Crippen MR) is 95.5 cm³/mol. The normalized spacial score (nSPS) is 14.2. The van der Waals surface area contributed by atoms with E-state index in [-0.39, 0.29) is 30.1 Å². The topological polar surface area (TPSA) is 49.9 Å². The zero-order chi connectivity index (χ0) is 19.4. The molecule has 0 atom stereocenters. The highest BCUT2D eigenvalue weighted by Crippen LogP contribution is 2.14. The number of benzene rings is 2. The van der Waals surface area contributed by atoms with Crippen molar-refractivity contribution in [1.29, 1.82) is 0 Å². The molecule has 0 saturated carbocycles. The number of ether oxygens (including phenoxy) is 1. The Hall–Kier alpha value is -2.96. The highest BCUT2D eigenvalue weighted by molar-refractivity contribution is 5.94. The summed E-state index contributed by atoms with van der Waals surface area (Å²) >= 11 is 0. The second-order valence-corrected chi connectivity index (χ2v) is 6.38. The fourth-order valence-corrected chi connectivity index (χ4v) is 2.89. The number of aryl methyl sites for hydroxylation is 1. The van der Waals surface area contributed by atoms with Crippen molar-refractivity contribution in [2.45, 2.75) is 6.92 Å². The van der Waals surface area contributed by atoms with Gasteiger partial charge in [-0.05, 0) is 55.0 Å². The smallest absolute Gasteiger partial charge is 0.260 e. The molecule has 7 heteroatoms. The lowest BCUT2D eigenvalue weighted by atomic mass is 10.1. The molecule has 2 aromatic rings. The van der Waals surface area contributed by atoms with Gasteiger partial charge in [-0.25, -0.2) is 8.78 Å². The maximum absolute atomic E-state index is 13.4. The summed E-state index contributed by atoms with van der Waals surface area (Å²) in [5, 5.41) is 0. The lowest BCUT2D eigenvalue weighted by molar-refractivity contribution is -0.134. The number of piperazine rings is 1. The van der Waals surface area contributed by atoms with Crippen molar-refractivity contribution >= 4 is 11.8 Å². The Labute approximate surface area is 156 Å². The van der Waals surface area contributed by atoms with Crippen LogP contribution in [0, 0.1) is 18.6 Å². The van der Waals surface area contributed by atoms with E-state index in [0.717, 1.165) is 0 Å². The first-order valence-electron chi connectivity index (χ1n) is 8.65. The van der Waals surface area contributed by atoms with E-state index in [0.29, 0.717) is 43.1 Å². The molecule has 1 fully saturated rings. The van der Waals surface area contributed by atoms with E-state index in [1.165, 1.54) is 42.5 Å². The number of carbonyl (C=O) groups is 2. The first-order valence-corrected chi connectivity index (χ1v) is 8.65.